The van der Waals surface area contributed by atoms with Crippen molar-refractivity contribution in [3.05, 3.63) is 145 Å². The molecule has 8 rings (SSSR count). The number of hydrogen-bond acceptors (Lipinski definition) is 1. The summed E-state index contributed by atoms with van der Waals surface area (Å²) in [4.78, 5) is 4.60. The maximum atomic E-state index is 8.79. The van der Waals surface area contributed by atoms with Crippen molar-refractivity contribution in [2.45, 2.75) is 13.2 Å². The first kappa shape index (κ1) is 19.0. The second kappa shape index (κ2) is 9.46. The second-order valence-electron chi connectivity index (χ2n) is 10.3. The van der Waals surface area contributed by atoms with Crippen LogP contribution in [0.1, 0.15) is 19.5 Å². The Kier molecular flexibility index (Phi) is 4.38. The first-order chi connectivity index (χ1) is 22.3. The molecule has 1 heterocycles. The van der Waals surface area contributed by atoms with Gasteiger partial charge in [-0.05, 0) is 67.2 Å². The summed E-state index contributed by atoms with van der Waals surface area (Å²) in [6, 6.07) is 46.8. The Labute approximate surface area is 246 Å². The van der Waals surface area contributed by atoms with E-state index in [1.54, 1.807) is 10.6 Å². The van der Waals surface area contributed by atoms with E-state index in [1.807, 2.05) is 54.6 Å². The number of aromatic nitrogens is 2. The number of imidazole rings is 1. The van der Waals surface area contributed by atoms with Crippen LogP contribution in [0.15, 0.2) is 140 Å². The van der Waals surface area contributed by atoms with Crippen LogP contribution in [0.2, 0.25) is 0 Å². The van der Waals surface area contributed by atoms with Crippen molar-refractivity contribution in [3.63, 3.8) is 0 Å². The Balaban J connectivity index is 1.51. The molecule has 2 heteroatoms. The smallest absolute Gasteiger partial charge is 0.114 e. The van der Waals surface area contributed by atoms with Gasteiger partial charge in [0.2, 0.25) is 0 Å². The van der Waals surface area contributed by atoms with Crippen molar-refractivity contribution in [2.24, 2.45) is 0 Å². The number of fused-ring (bicyclic) bond motifs is 4. The normalized spacial score (nSPS) is 14.1. The van der Waals surface area contributed by atoms with E-state index in [0.29, 0.717) is 16.7 Å². The van der Waals surface area contributed by atoms with E-state index in [1.165, 1.54) is 10.8 Å². The molecule has 0 fully saturated rings. The number of aryl methyl sites for hydroxylation is 1. The fraction of sp³-hybridized carbons (Fsp3) is 0.0513. The molecule has 0 N–H and O–H groups in total. The lowest BCUT2D eigenvalue weighted by Crippen LogP contribution is -2.03. The molecule has 0 saturated heterocycles. The number of rotatable bonds is 4. The lowest BCUT2D eigenvalue weighted by atomic mass is 9.84. The lowest BCUT2D eigenvalue weighted by Gasteiger charge is -2.21. The third-order valence-electron chi connectivity index (χ3n) is 8.08. The lowest BCUT2D eigenvalue weighted by molar-refractivity contribution is 0.909. The largest absolute Gasteiger partial charge is 0.296 e. The summed E-state index contributed by atoms with van der Waals surface area (Å²) in [6.45, 7) is -2.93. The van der Waals surface area contributed by atoms with Crippen LogP contribution >= 0.6 is 0 Å². The maximum Gasteiger partial charge on any atom is 0.114 e. The molecule has 0 spiro atoms. The van der Waals surface area contributed by atoms with Crippen LogP contribution in [0.3, 0.4) is 0 Å². The summed E-state index contributed by atoms with van der Waals surface area (Å²) in [5.74, 6) is -0.151. The molecule has 0 radical (unpaired) electrons. The second-order valence-corrected chi connectivity index (χ2v) is 10.3. The first-order valence-corrected chi connectivity index (χ1v) is 13.7. The Bertz CT molecular complexity index is 2390. The van der Waals surface area contributed by atoms with Crippen molar-refractivity contribution in [2.75, 3.05) is 0 Å². The zero-order chi connectivity index (χ0) is 31.6. The van der Waals surface area contributed by atoms with Gasteiger partial charge in [0.1, 0.15) is 5.82 Å². The van der Waals surface area contributed by atoms with Gasteiger partial charge in [-0.25, -0.2) is 4.98 Å². The molecule has 194 valence electrons. The fourth-order valence-electron chi connectivity index (χ4n) is 6.39. The first-order valence-electron chi connectivity index (χ1n) is 16.2. The van der Waals surface area contributed by atoms with Crippen molar-refractivity contribution >= 4 is 43.4 Å². The minimum Gasteiger partial charge on any atom is -0.296 e. The highest BCUT2D eigenvalue weighted by Crippen LogP contribution is 2.46. The summed E-state index contributed by atoms with van der Waals surface area (Å²) in [7, 11) is 0. The summed E-state index contributed by atoms with van der Waals surface area (Å²) < 4.78 is 43.6. The van der Waals surface area contributed by atoms with Crippen LogP contribution in [-0.2, 0) is 6.37 Å². The summed E-state index contributed by atoms with van der Waals surface area (Å²) >= 11 is 0. The number of nitrogens with zero attached hydrogens (tertiary/aromatic N) is 2. The van der Waals surface area contributed by atoms with E-state index in [0.717, 1.165) is 43.8 Å². The highest BCUT2D eigenvalue weighted by Gasteiger charge is 2.21. The van der Waals surface area contributed by atoms with Crippen LogP contribution in [0, 0.1) is 0 Å². The molecule has 0 saturated carbocycles. The Morgan fingerprint density at radius 2 is 1.10 bits per heavy atom. The van der Waals surface area contributed by atoms with Crippen LogP contribution in [0.5, 0.6) is 0 Å². The maximum absolute atomic E-state index is 8.79. The predicted octanol–water partition coefficient (Wildman–Crippen LogP) is 10.4. The minimum absolute atomic E-state index is 0.151. The average Bonchev–Trinajstić information content (AvgIpc) is 3.47. The molecule has 1 aromatic heterocycles. The van der Waals surface area contributed by atoms with Crippen molar-refractivity contribution in [1.82, 2.24) is 9.55 Å². The molecular formula is C39H28N2. The molecule has 0 bridgehead atoms. The van der Waals surface area contributed by atoms with Gasteiger partial charge in [0.15, 0.2) is 0 Å². The van der Waals surface area contributed by atoms with Gasteiger partial charge in [-0.15, -0.1) is 0 Å². The van der Waals surface area contributed by atoms with Gasteiger partial charge in [0.05, 0.1) is 16.7 Å². The van der Waals surface area contributed by atoms with E-state index in [2.05, 4.69) is 83.8 Å². The van der Waals surface area contributed by atoms with Gasteiger partial charge in [-0.1, -0.05) is 128 Å². The SMILES string of the molecule is [2H]C([2H])([2H])C([2H])([2H])c1nc2ccccc2n1-c1ccccc1-c1c2ccccc2c(-c2cccc3ccccc23)c2ccccc12. The highest BCUT2D eigenvalue weighted by molar-refractivity contribution is 6.24. The van der Waals surface area contributed by atoms with Crippen LogP contribution in [0.4, 0.5) is 0 Å². The molecule has 2 nitrogen and oxygen atoms in total. The molecule has 0 aliphatic carbocycles. The van der Waals surface area contributed by atoms with E-state index < -0.39 is 13.2 Å². The molecule has 0 aliphatic heterocycles. The van der Waals surface area contributed by atoms with Gasteiger partial charge in [-0.2, -0.15) is 0 Å². The minimum atomic E-state index is -2.93. The van der Waals surface area contributed by atoms with Crippen LogP contribution in [-0.4, -0.2) is 9.55 Å². The quantitative estimate of drug-likeness (QED) is 0.207. The van der Waals surface area contributed by atoms with Crippen molar-refractivity contribution in [3.8, 4) is 27.9 Å². The Morgan fingerprint density at radius 1 is 0.561 bits per heavy atom. The zero-order valence-electron chi connectivity index (χ0n) is 27.2. The topological polar surface area (TPSA) is 17.8 Å². The van der Waals surface area contributed by atoms with E-state index in [-0.39, 0.29) is 5.82 Å². The van der Waals surface area contributed by atoms with Gasteiger partial charge < -0.3 is 0 Å². The van der Waals surface area contributed by atoms with Gasteiger partial charge in [-0.3, -0.25) is 4.57 Å². The van der Waals surface area contributed by atoms with Gasteiger partial charge in [0, 0.05) is 18.8 Å². The average molecular weight is 530 g/mol. The molecule has 0 amide bonds. The Hall–Kier alpha value is -5.21. The zero-order valence-corrected chi connectivity index (χ0v) is 22.2. The van der Waals surface area contributed by atoms with Gasteiger partial charge in [0.25, 0.3) is 0 Å². The van der Waals surface area contributed by atoms with Crippen LogP contribution < -0.4 is 0 Å². The Morgan fingerprint density at radius 3 is 1.83 bits per heavy atom. The number of para-hydroxylation sites is 3. The molecule has 7 aromatic carbocycles. The number of hydrogen-bond donors (Lipinski definition) is 0. The predicted molar refractivity (Wildman–Crippen MR) is 174 cm³/mol. The monoisotopic (exact) mass is 529 g/mol. The molecular weight excluding hydrogens is 496 g/mol. The third-order valence-corrected chi connectivity index (χ3v) is 8.08. The molecule has 8 aromatic rings. The summed E-state index contributed by atoms with van der Waals surface area (Å²) in [5.41, 5.74) is 5.97. The van der Waals surface area contributed by atoms with Crippen molar-refractivity contribution < 1.29 is 6.85 Å². The number of benzene rings is 7. The summed E-state index contributed by atoms with van der Waals surface area (Å²) in [6.07, 6.45) is -2.71. The third kappa shape index (κ3) is 3.61. The molecule has 0 aliphatic rings. The van der Waals surface area contributed by atoms with Crippen molar-refractivity contribution in [1.29, 1.82) is 0 Å². The van der Waals surface area contributed by atoms with Crippen LogP contribution in [0.25, 0.3) is 71.3 Å². The molecule has 0 unspecified atom stereocenters. The fourth-order valence-corrected chi connectivity index (χ4v) is 6.39. The van der Waals surface area contributed by atoms with Gasteiger partial charge >= 0.3 is 0 Å². The standard InChI is InChI=1S/C39H28N2/c1-2-37-40-34-23-10-12-25-36(34)41(37)35-24-11-9-21-33(35)39-31-19-7-5-17-29(31)38(30-18-6-8-20-32(30)39)28-22-13-15-26-14-3-4-16-27(26)28/h3-25H,2H2,1H3/i1D3,2D2. The van der Waals surface area contributed by atoms with E-state index >= 15 is 0 Å². The van der Waals surface area contributed by atoms with E-state index in [4.69, 9.17) is 6.85 Å². The summed E-state index contributed by atoms with van der Waals surface area (Å²) in [5, 5.41) is 6.62. The molecule has 41 heavy (non-hydrogen) atoms. The highest BCUT2D eigenvalue weighted by atomic mass is 15.1. The van der Waals surface area contributed by atoms with E-state index in [9.17, 15) is 0 Å². The molecule has 0 atom stereocenters.